The number of nitrogens with zero attached hydrogens (tertiary/aromatic N) is 4. The van der Waals surface area contributed by atoms with E-state index in [1.165, 1.54) is 22.8 Å². The van der Waals surface area contributed by atoms with Crippen molar-refractivity contribution in [1.82, 2.24) is 14.6 Å². The van der Waals surface area contributed by atoms with Crippen LogP contribution in [0.2, 0.25) is 0 Å². The van der Waals surface area contributed by atoms with Gasteiger partial charge in [0.25, 0.3) is 0 Å². The zero-order valence-corrected chi connectivity index (χ0v) is 21.0. The lowest BCUT2D eigenvalue weighted by molar-refractivity contribution is -0.298. The third-order valence-corrected chi connectivity index (χ3v) is 4.75. The van der Waals surface area contributed by atoms with Crippen molar-refractivity contribution in [2.45, 2.75) is 38.7 Å². The minimum atomic E-state index is -4.89. The van der Waals surface area contributed by atoms with Crippen LogP contribution in [0.3, 0.4) is 0 Å². The first-order valence-electron chi connectivity index (χ1n) is 11.5. The Labute approximate surface area is 220 Å². The third-order valence-electron chi connectivity index (χ3n) is 4.75. The van der Waals surface area contributed by atoms with E-state index in [-0.39, 0.29) is 40.4 Å². The first kappa shape index (κ1) is 31.1. The molecule has 0 aliphatic heterocycles. The van der Waals surface area contributed by atoms with Crippen molar-refractivity contribution < 1.29 is 35.8 Å². The van der Waals surface area contributed by atoms with Gasteiger partial charge in [-0.25, -0.2) is 14.5 Å². The third kappa shape index (κ3) is 11.5. The molecule has 0 fully saturated rings. The highest BCUT2D eigenvalue weighted by Gasteiger charge is 2.29. The fourth-order valence-corrected chi connectivity index (χ4v) is 3.00. The molecule has 2 aromatic rings. The molecule has 8 nitrogen and oxygen atoms in total. The number of aliphatic imine (C=N–C) groups is 1. The predicted octanol–water partition coefficient (Wildman–Crippen LogP) is 5.66. The highest BCUT2D eigenvalue weighted by molar-refractivity contribution is 6.09. The fourth-order valence-electron chi connectivity index (χ4n) is 3.00. The Morgan fingerprint density at radius 1 is 1.13 bits per heavy atom. The summed E-state index contributed by atoms with van der Waals surface area (Å²) in [5.74, 6) is 0.459. The maximum atomic E-state index is 12.9. The van der Waals surface area contributed by atoms with Gasteiger partial charge in [-0.3, -0.25) is 0 Å². The lowest BCUT2D eigenvalue weighted by Gasteiger charge is -2.08. The van der Waals surface area contributed by atoms with Gasteiger partial charge in [0, 0.05) is 17.4 Å². The molecule has 0 amide bonds. The normalized spacial score (nSPS) is 14.1. The maximum Gasteiger partial charge on any atom is 0.572 e. The molecule has 4 N–H and O–H groups in total. The SMILES string of the molecule is C=C(N)/N=C\C(=C/CC(F)(F)F)c1cnc2ccc(C(/C=C/OC(F)(F)F)=C/C/C=C(\C)OCCCN)nn12. The van der Waals surface area contributed by atoms with E-state index in [2.05, 4.69) is 26.4 Å². The average molecular weight is 559 g/mol. The van der Waals surface area contributed by atoms with Gasteiger partial charge in [-0.2, -0.15) is 18.3 Å². The Bertz CT molecular complexity index is 1270. The first-order valence-corrected chi connectivity index (χ1v) is 11.5. The summed E-state index contributed by atoms with van der Waals surface area (Å²) in [7, 11) is 0. The molecule has 39 heavy (non-hydrogen) atoms. The molecule has 212 valence electrons. The topological polar surface area (TPSA) is 113 Å². The van der Waals surface area contributed by atoms with Crippen LogP contribution in [-0.4, -0.2) is 46.5 Å². The molecule has 0 atom stereocenters. The second-order valence-electron chi connectivity index (χ2n) is 7.93. The van der Waals surface area contributed by atoms with Crippen molar-refractivity contribution >= 4 is 23.0 Å². The van der Waals surface area contributed by atoms with Gasteiger partial charge in [0.2, 0.25) is 0 Å². The van der Waals surface area contributed by atoms with E-state index in [1.54, 1.807) is 19.1 Å². The van der Waals surface area contributed by atoms with E-state index in [4.69, 9.17) is 16.2 Å². The molecular weight excluding hydrogens is 530 g/mol. The minimum Gasteiger partial charge on any atom is -0.499 e. The van der Waals surface area contributed by atoms with Crippen LogP contribution in [0.15, 0.2) is 72.0 Å². The largest absolute Gasteiger partial charge is 0.572 e. The molecule has 2 aromatic heterocycles. The number of ether oxygens (including phenoxy) is 2. The monoisotopic (exact) mass is 558 g/mol. The molecule has 0 saturated heterocycles. The highest BCUT2D eigenvalue weighted by Crippen LogP contribution is 2.25. The van der Waals surface area contributed by atoms with Crippen LogP contribution in [0.4, 0.5) is 26.3 Å². The molecule has 2 heterocycles. The first-order chi connectivity index (χ1) is 18.3. The molecule has 0 aliphatic rings. The summed E-state index contributed by atoms with van der Waals surface area (Å²) in [6.45, 7) is 6.00. The Hall–Kier alpha value is -4.07. The van der Waals surface area contributed by atoms with Crippen LogP contribution in [0.25, 0.3) is 16.8 Å². The lowest BCUT2D eigenvalue weighted by Crippen LogP contribution is -2.08. The van der Waals surface area contributed by atoms with Gasteiger partial charge < -0.3 is 20.9 Å². The Balaban J connectivity index is 2.51. The Morgan fingerprint density at radius 2 is 1.87 bits per heavy atom. The molecule has 0 unspecified atom stereocenters. The number of aromatic nitrogens is 3. The highest BCUT2D eigenvalue weighted by atomic mass is 19.4. The van der Waals surface area contributed by atoms with E-state index >= 15 is 0 Å². The number of imidazole rings is 1. The number of hydrogen-bond acceptors (Lipinski definition) is 7. The number of allylic oxidation sites excluding steroid dienone is 7. The van der Waals surface area contributed by atoms with E-state index < -0.39 is 19.0 Å². The van der Waals surface area contributed by atoms with Crippen LogP contribution in [-0.2, 0) is 9.47 Å². The summed E-state index contributed by atoms with van der Waals surface area (Å²) >= 11 is 0. The summed E-state index contributed by atoms with van der Waals surface area (Å²) in [6, 6.07) is 3.01. The van der Waals surface area contributed by atoms with Crippen molar-refractivity contribution in [3.63, 3.8) is 0 Å². The van der Waals surface area contributed by atoms with Crippen LogP contribution in [0.5, 0.6) is 0 Å². The Kier molecular flexibility index (Phi) is 11.3. The number of alkyl halides is 6. The number of hydrogen-bond donors (Lipinski definition) is 2. The van der Waals surface area contributed by atoms with Crippen molar-refractivity contribution in [3.05, 3.63) is 78.4 Å². The summed E-state index contributed by atoms with van der Waals surface area (Å²) in [5, 5.41) is 4.40. The van der Waals surface area contributed by atoms with Gasteiger partial charge in [0.05, 0.1) is 42.6 Å². The second kappa shape index (κ2) is 14.2. The molecule has 0 radical (unpaired) electrons. The molecule has 0 saturated carbocycles. The molecule has 2 rings (SSSR count). The molecule has 0 spiro atoms. The molecular formula is C25H28F6N6O2. The second-order valence-corrected chi connectivity index (χ2v) is 7.93. The standard InChI is InChI=1S/C25H28F6N6O2/c1-17(38-13-4-12-32)5-3-6-19(10-14-39-25(29,30)31)21-7-8-23-35-16-22(37(23)36-21)20(15-34-18(2)33)9-11-24(26,27)28/h5-10,14-16H,2-4,11-13,32-33H2,1H3/b14-10+,17-5+,19-6+,20-9+,34-15-. The van der Waals surface area contributed by atoms with Crippen LogP contribution in [0.1, 0.15) is 37.6 Å². The molecule has 0 aromatic carbocycles. The average Bonchev–Trinajstić information content (AvgIpc) is 3.25. The van der Waals surface area contributed by atoms with Gasteiger partial charge >= 0.3 is 12.5 Å². The number of nitrogens with two attached hydrogens (primary N) is 2. The summed E-state index contributed by atoms with van der Waals surface area (Å²) in [4.78, 5) is 7.92. The van der Waals surface area contributed by atoms with Crippen LogP contribution in [0, 0.1) is 0 Å². The summed E-state index contributed by atoms with van der Waals surface area (Å²) < 4.78 is 86.8. The fraction of sp³-hybridized carbons (Fsp3) is 0.320. The van der Waals surface area contributed by atoms with Gasteiger partial charge in [-0.1, -0.05) is 18.7 Å². The molecule has 14 heteroatoms. The van der Waals surface area contributed by atoms with E-state index in [1.807, 2.05) is 0 Å². The lowest BCUT2D eigenvalue weighted by atomic mass is 10.1. The summed E-state index contributed by atoms with van der Waals surface area (Å²) in [6.07, 6.45) is -1.63. The zero-order chi connectivity index (χ0) is 29.1. The van der Waals surface area contributed by atoms with Crippen molar-refractivity contribution in [1.29, 1.82) is 0 Å². The van der Waals surface area contributed by atoms with Crippen LogP contribution >= 0.6 is 0 Å². The molecule has 0 aliphatic carbocycles. The van der Waals surface area contributed by atoms with Gasteiger partial charge in [0.15, 0.2) is 5.65 Å². The van der Waals surface area contributed by atoms with E-state index in [0.717, 1.165) is 18.4 Å². The van der Waals surface area contributed by atoms with E-state index in [9.17, 15) is 26.3 Å². The van der Waals surface area contributed by atoms with Crippen molar-refractivity contribution in [2.24, 2.45) is 16.5 Å². The van der Waals surface area contributed by atoms with Gasteiger partial charge in [-0.05, 0) is 50.6 Å². The zero-order valence-electron chi connectivity index (χ0n) is 21.0. The van der Waals surface area contributed by atoms with Gasteiger partial charge in [-0.15, -0.1) is 13.2 Å². The quantitative estimate of drug-likeness (QED) is 0.108. The smallest absolute Gasteiger partial charge is 0.499 e. The minimum absolute atomic E-state index is 0.00531. The summed E-state index contributed by atoms with van der Waals surface area (Å²) in [5.41, 5.74) is 11.7. The maximum absolute atomic E-state index is 12.9. The number of fused-ring (bicyclic) bond motifs is 1. The number of rotatable bonds is 13. The van der Waals surface area contributed by atoms with Gasteiger partial charge in [0.1, 0.15) is 5.82 Å². The Morgan fingerprint density at radius 3 is 2.51 bits per heavy atom. The molecule has 0 bridgehead atoms. The van der Waals surface area contributed by atoms with E-state index in [0.29, 0.717) is 31.6 Å². The van der Waals surface area contributed by atoms with Crippen LogP contribution < -0.4 is 11.5 Å². The van der Waals surface area contributed by atoms with Crippen molar-refractivity contribution in [2.75, 3.05) is 13.2 Å². The predicted molar refractivity (Wildman–Crippen MR) is 136 cm³/mol. The van der Waals surface area contributed by atoms with Crippen molar-refractivity contribution in [3.8, 4) is 0 Å². The number of halogens is 6.